The van der Waals surface area contributed by atoms with E-state index < -0.39 is 5.78 Å². The van der Waals surface area contributed by atoms with Gasteiger partial charge in [-0.2, -0.15) is 4.79 Å². The Bertz CT molecular complexity index is 443. The number of Topliss-reactive ketones (excluding diaryl/α,β-unsaturated/α-hetero) is 1. The molecular weight excluding hydrogens is 192 g/mol. The van der Waals surface area contributed by atoms with Gasteiger partial charge in [0.1, 0.15) is 6.29 Å². The van der Waals surface area contributed by atoms with Gasteiger partial charge < -0.3 is 5.53 Å². The average molecular weight is 200 g/mol. The minimum atomic E-state index is -0.434. The van der Waals surface area contributed by atoms with Crippen LogP contribution in [0.4, 0.5) is 0 Å². The lowest BCUT2D eigenvalue weighted by atomic mass is 10.1. The third-order valence-electron chi connectivity index (χ3n) is 1.71. The van der Waals surface area contributed by atoms with Crippen molar-refractivity contribution >= 4 is 17.8 Å². The number of carbonyl (C=O) groups excluding carboxylic acids is 2. The molecular formula is C11H8N2O2. The summed E-state index contributed by atoms with van der Waals surface area (Å²) in [5, 5.41) is 0. The van der Waals surface area contributed by atoms with Gasteiger partial charge in [0.05, 0.1) is 0 Å². The second-order valence-electron chi connectivity index (χ2n) is 2.68. The normalized spacial score (nSPS) is 9.60. The van der Waals surface area contributed by atoms with Crippen LogP contribution in [0, 0.1) is 0 Å². The molecule has 4 heteroatoms. The molecule has 15 heavy (non-hydrogen) atoms. The van der Waals surface area contributed by atoms with Gasteiger partial charge >= 0.3 is 5.71 Å². The van der Waals surface area contributed by atoms with Crippen molar-refractivity contribution in [3.63, 3.8) is 0 Å². The molecule has 0 heterocycles. The number of hydrogen-bond acceptors (Lipinski definition) is 2. The standard InChI is InChI=1S/C11H8N2O2/c12-13-10(7-4-8-14)11(15)9-5-2-1-3-6-9/h1-8H/b7-4+. The van der Waals surface area contributed by atoms with Crippen LogP contribution in [0.15, 0.2) is 42.5 Å². The summed E-state index contributed by atoms with van der Waals surface area (Å²) in [5.74, 6) is -0.434. The van der Waals surface area contributed by atoms with Crippen LogP contribution in [0.1, 0.15) is 10.4 Å². The van der Waals surface area contributed by atoms with Crippen LogP contribution < -0.4 is 0 Å². The first-order chi connectivity index (χ1) is 7.29. The molecule has 0 fully saturated rings. The quantitative estimate of drug-likeness (QED) is 0.183. The molecule has 74 valence electrons. The number of hydrogen-bond donors (Lipinski definition) is 0. The number of nitrogens with zero attached hydrogens (tertiary/aromatic N) is 2. The molecule has 0 saturated heterocycles. The number of ketones is 1. The van der Waals surface area contributed by atoms with Crippen LogP contribution in [-0.4, -0.2) is 22.6 Å². The Morgan fingerprint density at radius 3 is 2.47 bits per heavy atom. The average Bonchev–Trinajstić information content (AvgIpc) is 2.31. The Labute approximate surface area is 86.5 Å². The summed E-state index contributed by atoms with van der Waals surface area (Å²) in [6.45, 7) is 0. The molecule has 0 radical (unpaired) electrons. The van der Waals surface area contributed by atoms with E-state index >= 15 is 0 Å². The van der Waals surface area contributed by atoms with Crippen molar-refractivity contribution in [1.82, 2.24) is 0 Å². The Kier molecular flexibility index (Phi) is 3.89. The van der Waals surface area contributed by atoms with Crippen molar-refractivity contribution in [2.45, 2.75) is 0 Å². The maximum atomic E-state index is 11.6. The maximum absolute atomic E-state index is 11.6. The van der Waals surface area contributed by atoms with Crippen LogP contribution >= 0.6 is 0 Å². The van der Waals surface area contributed by atoms with Crippen LogP contribution in [0.25, 0.3) is 5.53 Å². The van der Waals surface area contributed by atoms with Gasteiger partial charge in [0, 0.05) is 11.6 Å². The van der Waals surface area contributed by atoms with Crippen LogP contribution in [-0.2, 0) is 4.79 Å². The summed E-state index contributed by atoms with van der Waals surface area (Å²) >= 11 is 0. The molecule has 1 aromatic carbocycles. The maximum Gasteiger partial charge on any atom is 0.362 e. The number of aldehydes is 1. The molecule has 1 aromatic rings. The predicted molar refractivity (Wildman–Crippen MR) is 54.6 cm³/mol. The highest BCUT2D eigenvalue weighted by Crippen LogP contribution is 2.00. The lowest BCUT2D eigenvalue weighted by molar-refractivity contribution is -0.104. The third-order valence-corrected chi connectivity index (χ3v) is 1.71. The molecule has 4 nitrogen and oxygen atoms in total. The summed E-state index contributed by atoms with van der Waals surface area (Å²) in [6.07, 6.45) is 2.75. The Morgan fingerprint density at radius 1 is 1.27 bits per heavy atom. The molecule has 0 aromatic heterocycles. The first-order valence-corrected chi connectivity index (χ1v) is 4.23. The van der Waals surface area contributed by atoms with Crippen molar-refractivity contribution in [3.8, 4) is 0 Å². The van der Waals surface area contributed by atoms with Gasteiger partial charge in [-0.3, -0.25) is 9.59 Å². The first-order valence-electron chi connectivity index (χ1n) is 4.23. The molecule has 0 amide bonds. The SMILES string of the molecule is [N-]=[N+]=C(/C=C/C=O)C(=O)c1ccccc1. The summed E-state index contributed by atoms with van der Waals surface area (Å²) in [7, 11) is 0. The summed E-state index contributed by atoms with van der Waals surface area (Å²) < 4.78 is 0. The van der Waals surface area contributed by atoms with Gasteiger partial charge in [-0.05, 0) is 6.08 Å². The van der Waals surface area contributed by atoms with Crippen molar-refractivity contribution in [2.24, 2.45) is 0 Å². The molecule has 0 aliphatic heterocycles. The third kappa shape index (κ3) is 2.83. The summed E-state index contributed by atoms with van der Waals surface area (Å²) in [5.41, 5.74) is 8.82. The Morgan fingerprint density at radius 2 is 1.93 bits per heavy atom. The zero-order valence-corrected chi connectivity index (χ0v) is 7.83. The molecule has 0 unspecified atom stereocenters. The van der Waals surface area contributed by atoms with E-state index in [1.165, 1.54) is 0 Å². The van der Waals surface area contributed by atoms with Gasteiger partial charge in [-0.25, -0.2) is 0 Å². The topological polar surface area (TPSA) is 70.5 Å². The molecule has 0 aliphatic rings. The highest BCUT2D eigenvalue weighted by molar-refractivity contribution is 6.47. The van der Waals surface area contributed by atoms with Crippen molar-refractivity contribution in [1.29, 1.82) is 0 Å². The van der Waals surface area contributed by atoms with Gasteiger partial charge in [0.2, 0.25) is 0 Å². The van der Waals surface area contributed by atoms with E-state index in [1.54, 1.807) is 30.3 Å². The van der Waals surface area contributed by atoms with Gasteiger partial charge in [0.25, 0.3) is 5.78 Å². The molecule has 0 N–H and O–H groups in total. The summed E-state index contributed by atoms with van der Waals surface area (Å²) in [6, 6.07) is 8.37. The van der Waals surface area contributed by atoms with Gasteiger partial charge in [0.15, 0.2) is 0 Å². The highest BCUT2D eigenvalue weighted by Gasteiger charge is 2.17. The fourth-order valence-corrected chi connectivity index (χ4v) is 1.02. The zero-order chi connectivity index (χ0) is 11.1. The zero-order valence-electron chi connectivity index (χ0n) is 7.83. The molecule has 0 atom stereocenters. The second kappa shape index (κ2) is 5.42. The van der Waals surface area contributed by atoms with Crippen molar-refractivity contribution in [2.75, 3.05) is 0 Å². The minimum Gasteiger partial charge on any atom is -0.361 e. The molecule has 0 aliphatic carbocycles. The summed E-state index contributed by atoms with van der Waals surface area (Å²) in [4.78, 5) is 24.5. The molecule has 0 spiro atoms. The van der Waals surface area contributed by atoms with E-state index in [4.69, 9.17) is 5.53 Å². The smallest absolute Gasteiger partial charge is 0.361 e. The molecule has 1 rings (SSSR count). The van der Waals surface area contributed by atoms with Gasteiger partial charge in [-0.15, -0.1) is 0 Å². The van der Waals surface area contributed by atoms with E-state index in [-0.39, 0.29) is 5.71 Å². The largest absolute Gasteiger partial charge is 0.362 e. The Balaban J connectivity index is 2.99. The van der Waals surface area contributed by atoms with Crippen LogP contribution in [0.5, 0.6) is 0 Å². The Hall–Kier alpha value is -2.32. The van der Waals surface area contributed by atoms with Crippen LogP contribution in [0.3, 0.4) is 0 Å². The highest BCUT2D eigenvalue weighted by atomic mass is 16.1. The van der Waals surface area contributed by atoms with Crippen molar-refractivity contribution < 1.29 is 14.4 Å². The van der Waals surface area contributed by atoms with E-state index in [9.17, 15) is 9.59 Å². The van der Waals surface area contributed by atoms with E-state index in [2.05, 4.69) is 4.79 Å². The monoisotopic (exact) mass is 200 g/mol. The van der Waals surface area contributed by atoms with E-state index in [0.29, 0.717) is 11.8 Å². The first kappa shape index (κ1) is 10.8. The number of benzene rings is 1. The fraction of sp³-hybridized carbons (Fsp3) is 0. The van der Waals surface area contributed by atoms with Crippen molar-refractivity contribution in [3.05, 3.63) is 53.6 Å². The number of carbonyl (C=O) groups is 2. The fourth-order valence-electron chi connectivity index (χ4n) is 1.02. The predicted octanol–water partition coefficient (Wildman–Crippen LogP) is 1.30. The van der Waals surface area contributed by atoms with E-state index in [1.807, 2.05) is 0 Å². The van der Waals surface area contributed by atoms with E-state index in [0.717, 1.165) is 12.2 Å². The number of rotatable bonds is 4. The van der Waals surface area contributed by atoms with Gasteiger partial charge in [-0.1, -0.05) is 30.3 Å². The lowest BCUT2D eigenvalue weighted by Gasteiger charge is -1.91. The number of allylic oxidation sites excluding steroid dienone is 2. The minimum absolute atomic E-state index is 0.173. The lowest BCUT2D eigenvalue weighted by Crippen LogP contribution is -2.12. The molecule has 0 saturated carbocycles. The van der Waals surface area contributed by atoms with Crippen LogP contribution in [0.2, 0.25) is 0 Å². The molecule has 0 bridgehead atoms. The second-order valence-corrected chi connectivity index (χ2v) is 2.68.